The Morgan fingerprint density at radius 3 is 3.07 bits per heavy atom. The highest BCUT2D eigenvalue weighted by Gasteiger charge is 2.16. The molecule has 0 spiro atoms. The number of ether oxygens (including phenoxy) is 1. The fraction of sp³-hybridized carbons (Fsp3) is 0.857. The summed E-state index contributed by atoms with van der Waals surface area (Å²) in [6.07, 6.45) is 0.989. The normalized spacial score (nSPS) is 22.1. The SMILES string of the molecule is CN/C(=N\[N+](=O)[O-])N[13CH2][13CH]1[13CH2][13CH2]O[13CH2]1. The molecular weight excluding hydrogens is 193 g/mol. The summed E-state index contributed by atoms with van der Waals surface area (Å²) in [4.78, 5) is 10.1. The van der Waals surface area contributed by atoms with Gasteiger partial charge in [0, 0.05) is 26.1 Å². The quantitative estimate of drug-likeness (QED) is 0.212. The average Bonchev–Trinajstić information content (AvgIpc) is 2.64. The zero-order valence-electron chi connectivity index (χ0n) is 8.02. The number of hydrogen-bond donors (Lipinski definition) is 2. The lowest BCUT2D eigenvalue weighted by Gasteiger charge is -2.09. The maximum absolute atomic E-state index is 10.1. The third-order valence-corrected chi connectivity index (χ3v) is 2.00. The average molecular weight is 207 g/mol. The lowest BCUT2D eigenvalue weighted by molar-refractivity contribution is -0.485. The highest BCUT2D eigenvalue weighted by atomic mass is 16.7. The summed E-state index contributed by atoms with van der Waals surface area (Å²) in [5.41, 5.74) is 0. The van der Waals surface area contributed by atoms with E-state index in [1.165, 1.54) is 0 Å². The van der Waals surface area contributed by atoms with Crippen LogP contribution >= 0.6 is 0 Å². The lowest BCUT2D eigenvalue weighted by atomic mass is 10.9. The molecule has 80 valence electrons. The Labute approximate surface area is 81.7 Å². The van der Waals surface area contributed by atoms with Gasteiger partial charge >= 0.3 is 0 Å². The van der Waals surface area contributed by atoms with Gasteiger partial charge < -0.3 is 15.4 Å². The molecule has 0 aromatic heterocycles. The molecule has 2 N–H and O–H groups in total. The molecule has 0 aromatic carbocycles. The van der Waals surface area contributed by atoms with Crippen molar-refractivity contribution in [1.29, 1.82) is 0 Å². The molecule has 0 saturated carbocycles. The largest absolute Gasteiger partial charge is 0.381 e. The first-order valence-electron chi connectivity index (χ1n) is 4.44. The second-order valence-electron chi connectivity index (χ2n) is 3.05. The van der Waals surface area contributed by atoms with E-state index in [1.54, 1.807) is 7.05 Å². The maximum atomic E-state index is 10.1. The summed E-state index contributed by atoms with van der Waals surface area (Å²) in [6, 6.07) is 0. The zero-order valence-corrected chi connectivity index (χ0v) is 8.02. The van der Waals surface area contributed by atoms with Gasteiger partial charge in [0.05, 0.1) is 6.61 Å². The first-order chi connectivity index (χ1) is 6.72. The van der Waals surface area contributed by atoms with Crippen molar-refractivity contribution in [2.45, 2.75) is 6.42 Å². The van der Waals surface area contributed by atoms with Gasteiger partial charge in [-0.25, -0.2) is 10.1 Å². The van der Waals surface area contributed by atoms with Gasteiger partial charge in [0.1, 0.15) is 5.10 Å². The van der Waals surface area contributed by atoms with Crippen molar-refractivity contribution in [3.63, 3.8) is 0 Å². The van der Waals surface area contributed by atoms with Crippen LogP contribution in [-0.4, -0.2) is 37.8 Å². The van der Waals surface area contributed by atoms with Crippen molar-refractivity contribution in [2.24, 2.45) is 11.0 Å². The number of rotatable bonds is 3. The summed E-state index contributed by atoms with van der Waals surface area (Å²) in [5.74, 6) is 0.599. The van der Waals surface area contributed by atoms with Crippen LogP contribution in [0.1, 0.15) is 6.42 Å². The van der Waals surface area contributed by atoms with Gasteiger partial charge in [-0.1, -0.05) is 0 Å². The molecule has 1 aliphatic heterocycles. The number of nitro groups is 1. The monoisotopic (exact) mass is 207 g/mol. The minimum atomic E-state index is -0.732. The van der Waals surface area contributed by atoms with Crippen molar-refractivity contribution >= 4 is 5.96 Å². The van der Waals surface area contributed by atoms with Gasteiger partial charge in [-0.15, -0.1) is 0 Å². The first-order valence-corrected chi connectivity index (χ1v) is 4.44. The minimum absolute atomic E-state index is 0.182. The minimum Gasteiger partial charge on any atom is -0.381 e. The standard InChI is InChI=1S/C7H14N4O3/c1-8-7(10-11(12)13)9-4-6-2-3-14-5-6/h6H,2-5H2,1H3,(H2,8,9,10)/i2+1,3+1,4+1,5+1,6+1. The highest BCUT2D eigenvalue weighted by molar-refractivity contribution is 5.78. The van der Waals surface area contributed by atoms with Crippen molar-refractivity contribution in [3.8, 4) is 0 Å². The first kappa shape index (κ1) is 10.7. The fourth-order valence-electron chi connectivity index (χ4n) is 1.24. The molecule has 1 atom stereocenters. The second kappa shape index (κ2) is 5.38. The van der Waals surface area contributed by atoms with Crippen LogP contribution < -0.4 is 10.6 Å². The number of hydrazone groups is 1. The van der Waals surface area contributed by atoms with E-state index in [1.807, 2.05) is 0 Å². The van der Waals surface area contributed by atoms with Gasteiger partial charge in [-0.05, 0) is 6.42 Å². The zero-order chi connectivity index (χ0) is 10.4. The molecule has 0 radical (unpaired) electrons. The van der Waals surface area contributed by atoms with E-state index in [-0.39, 0.29) is 5.96 Å². The van der Waals surface area contributed by atoms with Crippen LogP contribution in [0.2, 0.25) is 0 Å². The molecule has 1 aliphatic rings. The van der Waals surface area contributed by atoms with Crippen molar-refractivity contribution in [3.05, 3.63) is 10.1 Å². The Morgan fingerprint density at radius 1 is 1.79 bits per heavy atom. The van der Waals surface area contributed by atoms with Crippen molar-refractivity contribution < 1.29 is 9.77 Å². The molecule has 7 nitrogen and oxygen atoms in total. The summed E-state index contributed by atoms with van der Waals surface area (Å²) < 4.78 is 5.17. The van der Waals surface area contributed by atoms with Crippen LogP contribution in [0.3, 0.4) is 0 Å². The second-order valence-corrected chi connectivity index (χ2v) is 3.05. The molecule has 1 rings (SSSR count). The summed E-state index contributed by atoms with van der Waals surface area (Å²) in [6.45, 7) is 2.13. The molecule has 0 bridgehead atoms. The van der Waals surface area contributed by atoms with E-state index in [0.29, 0.717) is 19.1 Å². The summed E-state index contributed by atoms with van der Waals surface area (Å²) in [7, 11) is 1.58. The Balaban J connectivity index is 2.29. The van der Waals surface area contributed by atoms with Crippen LogP contribution in [0.4, 0.5) is 0 Å². The Bertz CT molecular complexity index is 225. The predicted molar refractivity (Wildman–Crippen MR) is 50.4 cm³/mol. The molecule has 1 saturated heterocycles. The number of hydrogen-bond acceptors (Lipinski definition) is 3. The maximum Gasteiger partial charge on any atom is 0.268 e. The molecular formula is C7H14N4O3. The van der Waals surface area contributed by atoms with Crippen LogP contribution in [0.25, 0.3) is 0 Å². The number of guanidine groups is 1. The topological polar surface area (TPSA) is 88.8 Å². The van der Waals surface area contributed by atoms with Gasteiger partial charge in [0.15, 0.2) is 5.03 Å². The van der Waals surface area contributed by atoms with Gasteiger partial charge in [0.25, 0.3) is 5.96 Å². The third kappa shape index (κ3) is 3.56. The van der Waals surface area contributed by atoms with Gasteiger partial charge in [0.2, 0.25) is 0 Å². The molecule has 7 heteroatoms. The number of nitrogens with zero attached hydrogens (tertiary/aromatic N) is 2. The van der Waals surface area contributed by atoms with Crippen molar-refractivity contribution in [2.75, 3.05) is 26.8 Å². The van der Waals surface area contributed by atoms with E-state index in [2.05, 4.69) is 15.7 Å². The smallest absolute Gasteiger partial charge is 0.268 e. The van der Waals surface area contributed by atoms with Gasteiger partial charge in [-0.3, -0.25) is 0 Å². The molecule has 0 amide bonds. The Kier molecular flexibility index (Phi) is 4.11. The number of nitrogens with one attached hydrogen (secondary N) is 2. The Morgan fingerprint density at radius 2 is 2.57 bits per heavy atom. The third-order valence-electron chi connectivity index (χ3n) is 2.00. The van der Waals surface area contributed by atoms with E-state index in [0.717, 1.165) is 13.0 Å². The lowest BCUT2D eigenvalue weighted by Crippen LogP contribution is -2.38. The van der Waals surface area contributed by atoms with E-state index in [9.17, 15) is 10.1 Å². The van der Waals surface area contributed by atoms with Gasteiger partial charge in [-0.2, -0.15) is 0 Å². The van der Waals surface area contributed by atoms with Crippen molar-refractivity contribution in [1.82, 2.24) is 10.6 Å². The van der Waals surface area contributed by atoms with Crippen LogP contribution in [-0.2, 0) is 4.74 Å². The molecule has 0 aliphatic carbocycles. The van der Waals surface area contributed by atoms with Crippen LogP contribution in [0.15, 0.2) is 5.10 Å². The molecule has 1 heterocycles. The van der Waals surface area contributed by atoms with Crippen LogP contribution in [0.5, 0.6) is 0 Å². The predicted octanol–water partition coefficient (Wildman–Crippen LogP) is -0.620. The van der Waals surface area contributed by atoms with E-state index >= 15 is 0 Å². The Hall–Kier alpha value is -1.37. The molecule has 1 unspecified atom stereocenters. The molecule has 0 aromatic rings. The van der Waals surface area contributed by atoms with E-state index in [4.69, 9.17) is 4.74 Å². The van der Waals surface area contributed by atoms with Crippen LogP contribution in [0, 0.1) is 16.0 Å². The molecule has 1 fully saturated rings. The summed E-state index contributed by atoms with van der Waals surface area (Å²) in [5, 5.41) is 18.0. The van der Waals surface area contributed by atoms with E-state index < -0.39 is 5.03 Å². The highest BCUT2D eigenvalue weighted by Crippen LogP contribution is 2.10. The fourth-order valence-corrected chi connectivity index (χ4v) is 1.24. The molecule has 14 heavy (non-hydrogen) atoms. The summed E-state index contributed by atoms with van der Waals surface area (Å²) >= 11 is 0.